The molecule has 1 aliphatic heterocycles. The lowest BCUT2D eigenvalue weighted by molar-refractivity contribution is -0.138. The second kappa shape index (κ2) is 8.51. The minimum atomic E-state index is 0.0339. The third-order valence-electron chi connectivity index (χ3n) is 3.87. The van der Waals surface area contributed by atoms with Crippen molar-refractivity contribution in [3.63, 3.8) is 0 Å². The Bertz CT molecular complexity index is 552. The van der Waals surface area contributed by atoms with Crippen molar-refractivity contribution in [1.29, 1.82) is 0 Å². The van der Waals surface area contributed by atoms with E-state index in [0.29, 0.717) is 32.0 Å². The van der Waals surface area contributed by atoms with E-state index in [1.54, 1.807) is 4.90 Å². The molecule has 0 unspecified atom stereocenters. The first-order chi connectivity index (χ1) is 11.1. The summed E-state index contributed by atoms with van der Waals surface area (Å²) in [7, 11) is 0. The molecular formula is C19H26N2O2. The quantitative estimate of drug-likeness (QED) is 0.776. The number of benzene rings is 1. The van der Waals surface area contributed by atoms with Gasteiger partial charge >= 0.3 is 0 Å². The van der Waals surface area contributed by atoms with Crippen LogP contribution in [0.3, 0.4) is 0 Å². The topological polar surface area (TPSA) is 40.6 Å². The minimum absolute atomic E-state index is 0.0339. The van der Waals surface area contributed by atoms with Crippen molar-refractivity contribution in [3.05, 3.63) is 42.0 Å². The summed E-state index contributed by atoms with van der Waals surface area (Å²) in [6.07, 6.45) is 5.48. The summed E-state index contributed by atoms with van der Waals surface area (Å²) in [5.41, 5.74) is 1.12. The number of hydrogen-bond donors (Lipinski definition) is 0. The first-order valence-corrected chi connectivity index (χ1v) is 8.33. The number of nitrogens with zero attached hydrogens (tertiary/aromatic N) is 2. The molecule has 0 aliphatic carbocycles. The van der Waals surface area contributed by atoms with Crippen LogP contribution in [0.2, 0.25) is 0 Å². The number of carbonyl (C=O) groups excluding carboxylic acids is 2. The van der Waals surface area contributed by atoms with Gasteiger partial charge in [0.2, 0.25) is 11.8 Å². The summed E-state index contributed by atoms with van der Waals surface area (Å²) in [6.45, 7) is 6.41. The summed E-state index contributed by atoms with van der Waals surface area (Å²) in [5.74, 6) is 0.535. The fraction of sp³-hybridized carbons (Fsp3) is 0.474. The van der Waals surface area contributed by atoms with Crippen molar-refractivity contribution in [3.8, 4) is 0 Å². The Balaban J connectivity index is 1.94. The molecule has 1 fully saturated rings. The van der Waals surface area contributed by atoms with Gasteiger partial charge in [0.15, 0.2) is 0 Å². The van der Waals surface area contributed by atoms with Gasteiger partial charge in [0.05, 0.1) is 6.54 Å². The van der Waals surface area contributed by atoms with Gasteiger partial charge in [-0.05, 0) is 17.9 Å². The molecule has 1 saturated heterocycles. The zero-order valence-corrected chi connectivity index (χ0v) is 14.1. The maximum Gasteiger partial charge on any atom is 0.242 e. The molecule has 124 valence electrons. The first kappa shape index (κ1) is 17.3. The van der Waals surface area contributed by atoms with Gasteiger partial charge in [-0.1, -0.05) is 56.3 Å². The van der Waals surface area contributed by atoms with E-state index >= 15 is 0 Å². The van der Waals surface area contributed by atoms with Crippen LogP contribution >= 0.6 is 0 Å². The van der Waals surface area contributed by atoms with E-state index < -0.39 is 0 Å². The molecule has 0 bridgehead atoms. The SMILES string of the molecule is CC(C)CN(C/C=C/c1ccccc1)C(=O)CN1CCCC1=O. The highest BCUT2D eigenvalue weighted by molar-refractivity contribution is 5.86. The predicted octanol–water partition coefficient (Wildman–Crippen LogP) is 2.81. The van der Waals surface area contributed by atoms with Crippen LogP contribution in [0.1, 0.15) is 32.3 Å². The van der Waals surface area contributed by atoms with E-state index in [1.165, 1.54) is 0 Å². The Labute approximate surface area is 138 Å². The van der Waals surface area contributed by atoms with Gasteiger partial charge in [0.25, 0.3) is 0 Å². The number of likely N-dealkylation sites (tertiary alicyclic amines) is 1. The van der Waals surface area contributed by atoms with Crippen LogP contribution in [0.5, 0.6) is 0 Å². The number of carbonyl (C=O) groups is 2. The largest absolute Gasteiger partial charge is 0.337 e. The molecule has 23 heavy (non-hydrogen) atoms. The second-order valence-corrected chi connectivity index (χ2v) is 6.42. The molecule has 1 aromatic carbocycles. The molecule has 0 atom stereocenters. The van der Waals surface area contributed by atoms with E-state index in [-0.39, 0.29) is 18.4 Å². The lowest BCUT2D eigenvalue weighted by atomic mass is 10.2. The van der Waals surface area contributed by atoms with Crippen molar-refractivity contribution in [1.82, 2.24) is 9.80 Å². The highest BCUT2D eigenvalue weighted by atomic mass is 16.2. The monoisotopic (exact) mass is 314 g/mol. The molecule has 0 radical (unpaired) electrons. The predicted molar refractivity (Wildman–Crippen MR) is 92.7 cm³/mol. The van der Waals surface area contributed by atoms with Gasteiger partial charge < -0.3 is 9.80 Å². The number of amides is 2. The van der Waals surface area contributed by atoms with E-state index in [2.05, 4.69) is 13.8 Å². The molecule has 0 spiro atoms. The minimum Gasteiger partial charge on any atom is -0.337 e. The van der Waals surface area contributed by atoms with Gasteiger partial charge in [-0.15, -0.1) is 0 Å². The van der Waals surface area contributed by atoms with E-state index in [4.69, 9.17) is 0 Å². The van der Waals surface area contributed by atoms with Crippen LogP contribution in [0.4, 0.5) is 0 Å². The molecule has 4 heteroatoms. The fourth-order valence-electron chi connectivity index (χ4n) is 2.73. The van der Waals surface area contributed by atoms with Crippen LogP contribution in [0.25, 0.3) is 6.08 Å². The molecular weight excluding hydrogens is 288 g/mol. The summed E-state index contributed by atoms with van der Waals surface area (Å²) < 4.78 is 0. The smallest absolute Gasteiger partial charge is 0.242 e. The van der Waals surface area contributed by atoms with Gasteiger partial charge in [-0.25, -0.2) is 0 Å². The Kier molecular flexibility index (Phi) is 6.39. The van der Waals surface area contributed by atoms with Crippen molar-refractivity contribution >= 4 is 17.9 Å². The molecule has 4 nitrogen and oxygen atoms in total. The van der Waals surface area contributed by atoms with E-state index in [0.717, 1.165) is 12.0 Å². The summed E-state index contributed by atoms with van der Waals surface area (Å²) >= 11 is 0. The van der Waals surface area contributed by atoms with Crippen molar-refractivity contribution in [2.24, 2.45) is 5.92 Å². The van der Waals surface area contributed by atoms with Crippen molar-refractivity contribution in [2.45, 2.75) is 26.7 Å². The van der Waals surface area contributed by atoms with Gasteiger partial charge in [0, 0.05) is 26.1 Å². The van der Waals surface area contributed by atoms with Crippen molar-refractivity contribution < 1.29 is 9.59 Å². The van der Waals surface area contributed by atoms with Crippen LogP contribution in [-0.4, -0.2) is 47.8 Å². The molecule has 0 saturated carbocycles. The second-order valence-electron chi connectivity index (χ2n) is 6.42. The van der Waals surface area contributed by atoms with Crippen LogP contribution in [0.15, 0.2) is 36.4 Å². The Morgan fingerprint density at radius 3 is 2.65 bits per heavy atom. The normalized spacial score (nSPS) is 14.9. The lowest BCUT2D eigenvalue weighted by Crippen LogP contribution is -2.42. The Morgan fingerprint density at radius 1 is 1.30 bits per heavy atom. The maximum atomic E-state index is 12.5. The van der Waals surface area contributed by atoms with E-state index in [1.807, 2.05) is 47.4 Å². The molecule has 2 rings (SSSR count). The standard InChI is InChI=1S/C19H26N2O2/c1-16(2)14-20(12-6-10-17-8-4-3-5-9-17)19(23)15-21-13-7-11-18(21)22/h3-6,8-10,16H,7,11-15H2,1-2H3/b10-6+. The van der Waals surface area contributed by atoms with Gasteiger partial charge in [-0.3, -0.25) is 9.59 Å². The van der Waals surface area contributed by atoms with Crippen LogP contribution in [0, 0.1) is 5.92 Å². The number of rotatable bonds is 7. The number of hydrogen-bond acceptors (Lipinski definition) is 2. The summed E-state index contributed by atoms with van der Waals surface area (Å²) in [5, 5.41) is 0. The molecule has 1 heterocycles. The maximum absolute atomic E-state index is 12.5. The zero-order valence-electron chi connectivity index (χ0n) is 14.1. The average Bonchev–Trinajstić information content (AvgIpc) is 2.92. The summed E-state index contributed by atoms with van der Waals surface area (Å²) in [6, 6.07) is 10.0. The van der Waals surface area contributed by atoms with Gasteiger partial charge in [0.1, 0.15) is 0 Å². The average molecular weight is 314 g/mol. The molecule has 1 aromatic rings. The molecule has 0 N–H and O–H groups in total. The third-order valence-corrected chi connectivity index (χ3v) is 3.87. The van der Waals surface area contributed by atoms with Crippen LogP contribution < -0.4 is 0 Å². The van der Waals surface area contributed by atoms with E-state index in [9.17, 15) is 9.59 Å². The van der Waals surface area contributed by atoms with Gasteiger partial charge in [-0.2, -0.15) is 0 Å². The zero-order chi connectivity index (χ0) is 16.7. The fourth-order valence-corrected chi connectivity index (χ4v) is 2.73. The van der Waals surface area contributed by atoms with Crippen molar-refractivity contribution in [2.75, 3.05) is 26.2 Å². The molecule has 0 aromatic heterocycles. The highest BCUT2D eigenvalue weighted by Crippen LogP contribution is 2.11. The summed E-state index contributed by atoms with van der Waals surface area (Å²) in [4.78, 5) is 27.7. The first-order valence-electron chi connectivity index (χ1n) is 8.33. The highest BCUT2D eigenvalue weighted by Gasteiger charge is 2.24. The lowest BCUT2D eigenvalue weighted by Gasteiger charge is -2.26. The van der Waals surface area contributed by atoms with Crippen LogP contribution in [-0.2, 0) is 9.59 Å². The molecule has 2 amide bonds. The Hall–Kier alpha value is -2.10. The third kappa shape index (κ3) is 5.55. The molecule has 1 aliphatic rings. The Morgan fingerprint density at radius 2 is 2.04 bits per heavy atom.